The molecule has 1 unspecified atom stereocenters. The number of sulfonamides is 1. The van der Waals surface area contributed by atoms with Crippen LogP contribution in [0.4, 0.5) is 24.7 Å². The molecule has 0 amide bonds. The van der Waals surface area contributed by atoms with Crippen molar-refractivity contribution >= 4 is 33.1 Å². The average molecular weight is 461 g/mol. The molecule has 4 rings (SSSR count). The number of likely N-dealkylation sites (tertiary alicyclic amines) is 1. The van der Waals surface area contributed by atoms with E-state index in [-0.39, 0.29) is 11.2 Å². The summed E-state index contributed by atoms with van der Waals surface area (Å²) in [6.45, 7) is 5.14. The van der Waals surface area contributed by atoms with Crippen molar-refractivity contribution in [1.82, 2.24) is 9.88 Å². The van der Waals surface area contributed by atoms with Crippen LogP contribution >= 0.6 is 11.6 Å². The summed E-state index contributed by atoms with van der Waals surface area (Å²) in [7, 11) is -4.73. The Labute approximate surface area is 177 Å². The first-order chi connectivity index (χ1) is 14.1. The standard InChI is InChI=1S/C19H20ClF3N4O2S/c1-19(27-7-3-8-27)6-9-26(11-19)13-10-12(21)18(17(23)16(13)20)30(28,29)25-15-5-2-4-14(22)24-15/h2,4-5,10H,3,6-9,11H2,1H3,(H,24,25). The molecule has 0 aliphatic carbocycles. The predicted octanol–water partition coefficient (Wildman–Crippen LogP) is 3.63. The second-order valence-electron chi connectivity index (χ2n) is 7.79. The largest absolute Gasteiger partial charge is 0.368 e. The van der Waals surface area contributed by atoms with Gasteiger partial charge in [-0.2, -0.15) is 4.39 Å². The van der Waals surface area contributed by atoms with Crippen LogP contribution in [0.25, 0.3) is 0 Å². The Morgan fingerprint density at radius 3 is 2.57 bits per heavy atom. The van der Waals surface area contributed by atoms with E-state index in [1.165, 1.54) is 6.07 Å². The lowest BCUT2D eigenvalue weighted by Gasteiger charge is -2.44. The van der Waals surface area contributed by atoms with Gasteiger partial charge in [-0.05, 0) is 45.0 Å². The van der Waals surface area contributed by atoms with E-state index >= 15 is 0 Å². The Morgan fingerprint density at radius 2 is 1.93 bits per heavy atom. The highest BCUT2D eigenvalue weighted by Gasteiger charge is 2.42. The van der Waals surface area contributed by atoms with Crippen molar-refractivity contribution < 1.29 is 21.6 Å². The van der Waals surface area contributed by atoms with Gasteiger partial charge in [-0.15, -0.1) is 0 Å². The molecule has 3 heterocycles. The van der Waals surface area contributed by atoms with Gasteiger partial charge in [0.15, 0.2) is 10.7 Å². The van der Waals surface area contributed by atoms with Gasteiger partial charge in [-0.25, -0.2) is 22.2 Å². The molecule has 2 saturated heterocycles. The van der Waals surface area contributed by atoms with E-state index in [1.807, 2.05) is 4.72 Å². The predicted molar refractivity (Wildman–Crippen MR) is 108 cm³/mol. The van der Waals surface area contributed by atoms with Crippen LogP contribution in [0.5, 0.6) is 0 Å². The lowest BCUT2D eigenvalue weighted by Crippen LogP contribution is -2.54. The second-order valence-corrected chi connectivity index (χ2v) is 9.79. The Bertz CT molecular complexity index is 1100. The van der Waals surface area contributed by atoms with E-state index in [2.05, 4.69) is 16.8 Å². The van der Waals surface area contributed by atoms with E-state index in [9.17, 15) is 21.6 Å². The third kappa shape index (κ3) is 3.72. The number of pyridine rings is 1. The van der Waals surface area contributed by atoms with Crippen molar-refractivity contribution in [2.24, 2.45) is 0 Å². The maximum atomic E-state index is 15.0. The second kappa shape index (κ2) is 7.58. The molecule has 0 spiro atoms. The minimum absolute atomic E-state index is 0.110. The normalized spacial score (nSPS) is 22.2. The number of anilines is 2. The first-order valence-electron chi connectivity index (χ1n) is 9.44. The maximum Gasteiger partial charge on any atom is 0.268 e. The average Bonchev–Trinajstić information content (AvgIpc) is 2.98. The molecule has 1 N–H and O–H groups in total. The molecule has 1 atom stereocenters. The number of halogens is 4. The highest BCUT2D eigenvalue weighted by Crippen LogP contribution is 2.40. The Hall–Kier alpha value is -2.04. The van der Waals surface area contributed by atoms with Gasteiger partial charge in [0, 0.05) is 24.7 Å². The molecule has 30 heavy (non-hydrogen) atoms. The molecule has 6 nitrogen and oxygen atoms in total. The zero-order chi connectivity index (χ0) is 21.7. The summed E-state index contributed by atoms with van der Waals surface area (Å²) >= 11 is 6.14. The van der Waals surface area contributed by atoms with Crippen molar-refractivity contribution in [2.75, 3.05) is 35.8 Å². The molecule has 2 aliphatic heterocycles. The summed E-state index contributed by atoms with van der Waals surface area (Å²) < 4.78 is 69.9. The van der Waals surface area contributed by atoms with Crippen molar-refractivity contribution in [3.63, 3.8) is 0 Å². The quantitative estimate of drug-likeness (QED) is 0.545. The molecule has 2 aliphatic rings. The number of nitrogens with one attached hydrogen (secondary N) is 1. The van der Waals surface area contributed by atoms with Gasteiger partial charge in [0.25, 0.3) is 10.0 Å². The minimum atomic E-state index is -4.73. The fraction of sp³-hybridized carbons (Fsp3) is 0.421. The van der Waals surface area contributed by atoms with Crippen molar-refractivity contribution in [3.8, 4) is 0 Å². The lowest BCUT2D eigenvalue weighted by molar-refractivity contribution is 0.0576. The first-order valence-corrected chi connectivity index (χ1v) is 11.3. The third-order valence-corrected chi connectivity index (χ3v) is 7.48. The summed E-state index contributed by atoms with van der Waals surface area (Å²) in [5.41, 5.74) is -0.0112. The van der Waals surface area contributed by atoms with Gasteiger partial charge in [-0.3, -0.25) is 9.62 Å². The van der Waals surface area contributed by atoms with Gasteiger partial charge >= 0.3 is 0 Å². The highest BCUT2D eigenvalue weighted by atomic mass is 35.5. The summed E-state index contributed by atoms with van der Waals surface area (Å²) in [6.07, 6.45) is 1.93. The van der Waals surface area contributed by atoms with Crippen LogP contribution in [0.2, 0.25) is 5.02 Å². The molecular weight excluding hydrogens is 441 g/mol. The SMILES string of the molecule is CC1(N2CCC2)CCN(c2cc(F)c(S(=O)(=O)Nc3cccc(F)n3)c(F)c2Cl)C1. The number of hydrogen-bond donors (Lipinski definition) is 1. The zero-order valence-electron chi connectivity index (χ0n) is 16.1. The Balaban J connectivity index is 1.65. The molecule has 2 fully saturated rings. The monoisotopic (exact) mass is 460 g/mol. The van der Waals surface area contributed by atoms with E-state index in [1.54, 1.807) is 4.90 Å². The highest BCUT2D eigenvalue weighted by molar-refractivity contribution is 7.92. The Kier molecular flexibility index (Phi) is 5.36. The van der Waals surface area contributed by atoms with Gasteiger partial charge < -0.3 is 4.90 Å². The summed E-state index contributed by atoms with van der Waals surface area (Å²) in [6, 6.07) is 4.31. The van der Waals surface area contributed by atoms with E-state index in [0.29, 0.717) is 13.1 Å². The van der Waals surface area contributed by atoms with Crippen LogP contribution in [0.15, 0.2) is 29.2 Å². The fourth-order valence-electron chi connectivity index (χ4n) is 3.96. The maximum absolute atomic E-state index is 15.0. The van der Waals surface area contributed by atoms with Crippen LogP contribution < -0.4 is 9.62 Å². The summed E-state index contributed by atoms with van der Waals surface area (Å²) in [5.74, 6) is -4.02. The summed E-state index contributed by atoms with van der Waals surface area (Å²) in [5, 5.41) is -0.475. The fourth-order valence-corrected chi connectivity index (χ4v) is 5.43. The molecular formula is C19H20ClF3N4O2S. The molecule has 0 saturated carbocycles. The molecule has 0 bridgehead atoms. The smallest absolute Gasteiger partial charge is 0.268 e. The number of aromatic nitrogens is 1. The number of nitrogens with zero attached hydrogens (tertiary/aromatic N) is 3. The third-order valence-electron chi connectivity index (χ3n) is 5.73. The van der Waals surface area contributed by atoms with E-state index < -0.39 is 43.3 Å². The topological polar surface area (TPSA) is 65.5 Å². The van der Waals surface area contributed by atoms with Crippen LogP contribution in [0.3, 0.4) is 0 Å². The summed E-state index contributed by atoms with van der Waals surface area (Å²) in [4.78, 5) is 6.21. The van der Waals surface area contributed by atoms with E-state index in [0.717, 1.165) is 44.1 Å². The van der Waals surface area contributed by atoms with Gasteiger partial charge in [-0.1, -0.05) is 17.7 Å². The van der Waals surface area contributed by atoms with E-state index in [4.69, 9.17) is 11.6 Å². The van der Waals surface area contributed by atoms with Crippen molar-refractivity contribution in [3.05, 3.63) is 46.9 Å². The molecule has 1 aromatic carbocycles. The van der Waals surface area contributed by atoms with Gasteiger partial charge in [0.2, 0.25) is 5.95 Å². The molecule has 2 aromatic rings. The molecule has 162 valence electrons. The number of benzene rings is 1. The number of hydrogen-bond acceptors (Lipinski definition) is 5. The minimum Gasteiger partial charge on any atom is -0.368 e. The zero-order valence-corrected chi connectivity index (χ0v) is 17.7. The van der Waals surface area contributed by atoms with Crippen LogP contribution in [0.1, 0.15) is 19.8 Å². The van der Waals surface area contributed by atoms with Crippen molar-refractivity contribution in [2.45, 2.75) is 30.2 Å². The molecule has 11 heteroatoms. The van der Waals surface area contributed by atoms with Gasteiger partial charge in [0.1, 0.15) is 16.7 Å². The van der Waals surface area contributed by atoms with Gasteiger partial charge in [0.05, 0.1) is 5.69 Å². The molecule has 0 radical (unpaired) electrons. The lowest BCUT2D eigenvalue weighted by atomic mass is 9.95. The van der Waals surface area contributed by atoms with Crippen LogP contribution in [-0.4, -0.2) is 50.0 Å². The van der Waals surface area contributed by atoms with Crippen LogP contribution in [-0.2, 0) is 10.0 Å². The number of rotatable bonds is 5. The molecule has 1 aromatic heterocycles. The van der Waals surface area contributed by atoms with Crippen molar-refractivity contribution in [1.29, 1.82) is 0 Å². The van der Waals surface area contributed by atoms with Crippen LogP contribution in [0, 0.1) is 17.6 Å². The Morgan fingerprint density at radius 1 is 1.20 bits per heavy atom. The first kappa shape index (κ1) is 21.2.